The topological polar surface area (TPSA) is 121 Å². The first-order valence-corrected chi connectivity index (χ1v) is 10.7. The smallest absolute Gasteiger partial charge is 0.255 e. The monoisotopic (exact) mass is 434 g/mol. The summed E-state index contributed by atoms with van der Waals surface area (Å²) in [7, 11) is -2.27. The lowest BCUT2D eigenvalue weighted by atomic mass is 10.1. The number of sulfonamides is 1. The molecule has 1 aromatic carbocycles. The van der Waals surface area contributed by atoms with Crippen LogP contribution >= 0.6 is 11.6 Å². The summed E-state index contributed by atoms with van der Waals surface area (Å²) < 4.78 is 33.8. The van der Waals surface area contributed by atoms with E-state index in [1.165, 1.54) is 12.3 Å². The van der Waals surface area contributed by atoms with Gasteiger partial charge >= 0.3 is 0 Å². The SMILES string of the molecule is COc1ccc(Cl)cc1-c1noc([C@@H]2[C@@H](c3ccc(S(N)(=O)=O)nc3)C2(C)C)n1. The quantitative estimate of drug-likeness (QED) is 0.653. The minimum absolute atomic E-state index is 0.0314. The first kappa shape index (κ1) is 19.8. The molecule has 0 spiro atoms. The van der Waals surface area contributed by atoms with Crippen LogP contribution in [0, 0.1) is 5.41 Å². The van der Waals surface area contributed by atoms with Crippen LogP contribution in [-0.4, -0.2) is 30.7 Å². The molecule has 8 nitrogen and oxygen atoms in total. The molecule has 0 amide bonds. The first-order valence-electron chi connectivity index (χ1n) is 8.79. The molecule has 0 saturated heterocycles. The Morgan fingerprint density at radius 1 is 1.21 bits per heavy atom. The number of pyridine rings is 1. The van der Waals surface area contributed by atoms with Crippen molar-refractivity contribution in [2.45, 2.75) is 30.7 Å². The average Bonchev–Trinajstić information content (AvgIpc) is 3.01. The standard InChI is InChI=1S/C19H19ClN4O4S/c1-19(2)15(10-4-7-14(22-9-10)29(21,25)26)16(19)18-23-17(24-28-18)12-8-11(20)5-6-13(12)27-3/h4-9,15-16H,1-3H3,(H2,21,25,26)/t15-,16+/m1/s1. The van der Waals surface area contributed by atoms with Crippen molar-refractivity contribution in [3.63, 3.8) is 0 Å². The van der Waals surface area contributed by atoms with E-state index < -0.39 is 10.0 Å². The summed E-state index contributed by atoms with van der Waals surface area (Å²) in [4.78, 5) is 8.55. The second kappa shape index (κ2) is 6.79. The highest BCUT2D eigenvalue weighted by Crippen LogP contribution is 2.69. The van der Waals surface area contributed by atoms with E-state index in [4.69, 9.17) is 26.0 Å². The van der Waals surface area contributed by atoms with E-state index in [-0.39, 0.29) is 22.3 Å². The number of hydrogen-bond donors (Lipinski definition) is 1. The van der Waals surface area contributed by atoms with Crippen LogP contribution in [0.5, 0.6) is 5.75 Å². The fraction of sp³-hybridized carbons (Fsp3) is 0.316. The van der Waals surface area contributed by atoms with Gasteiger partial charge in [-0.1, -0.05) is 36.7 Å². The van der Waals surface area contributed by atoms with Gasteiger partial charge in [-0.15, -0.1) is 0 Å². The number of primary sulfonamides is 1. The second-order valence-electron chi connectivity index (χ2n) is 7.55. The normalized spacial score (nSPS) is 20.4. The highest BCUT2D eigenvalue weighted by Gasteiger charge is 2.62. The Morgan fingerprint density at radius 2 is 1.97 bits per heavy atom. The molecule has 2 atom stereocenters. The van der Waals surface area contributed by atoms with Crippen molar-refractivity contribution in [2.75, 3.05) is 7.11 Å². The molecule has 1 aliphatic rings. The van der Waals surface area contributed by atoms with Crippen LogP contribution in [0.3, 0.4) is 0 Å². The number of nitrogens with two attached hydrogens (primary N) is 1. The zero-order valence-corrected chi connectivity index (χ0v) is 17.5. The molecule has 0 aliphatic heterocycles. The van der Waals surface area contributed by atoms with E-state index in [0.29, 0.717) is 28.1 Å². The van der Waals surface area contributed by atoms with E-state index in [1.54, 1.807) is 31.4 Å². The molecule has 29 heavy (non-hydrogen) atoms. The van der Waals surface area contributed by atoms with Gasteiger partial charge in [-0.05, 0) is 35.2 Å². The predicted octanol–water partition coefficient (Wildman–Crippen LogP) is 3.35. The molecule has 1 saturated carbocycles. The van der Waals surface area contributed by atoms with E-state index in [9.17, 15) is 8.42 Å². The Hall–Kier alpha value is -2.49. The maximum atomic E-state index is 11.4. The Morgan fingerprint density at radius 3 is 2.59 bits per heavy atom. The third-order valence-corrected chi connectivity index (χ3v) is 6.41. The average molecular weight is 435 g/mol. The number of benzene rings is 1. The Balaban J connectivity index is 1.64. The number of ether oxygens (including phenoxy) is 1. The van der Waals surface area contributed by atoms with Gasteiger partial charge in [0.25, 0.3) is 10.0 Å². The molecule has 2 aromatic heterocycles. The van der Waals surface area contributed by atoms with Crippen LogP contribution in [0.25, 0.3) is 11.4 Å². The Labute approximate surface area is 173 Å². The number of nitrogens with zero attached hydrogens (tertiary/aromatic N) is 3. The van der Waals surface area contributed by atoms with Gasteiger partial charge < -0.3 is 9.26 Å². The van der Waals surface area contributed by atoms with Crippen molar-refractivity contribution in [3.05, 3.63) is 53.0 Å². The molecule has 0 unspecified atom stereocenters. The van der Waals surface area contributed by atoms with Crippen LogP contribution in [-0.2, 0) is 10.0 Å². The number of rotatable bonds is 5. The first-order chi connectivity index (χ1) is 13.6. The lowest BCUT2D eigenvalue weighted by Crippen LogP contribution is -2.13. The predicted molar refractivity (Wildman–Crippen MR) is 106 cm³/mol. The summed E-state index contributed by atoms with van der Waals surface area (Å²) in [6.07, 6.45) is 1.53. The lowest BCUT2D eigenvalue weighted by molar-refractivity contribution is 0.367. The zero-order valence-electron chi connectivity index (χ0n) is 16.0. The molecule has 10 heteroatoms. The van der Waals surface area contributed by atoms with Gasteiger partial charge in [0.05, 0.1) is 18.6 Å². The number of hydrogen-bond acceptors (Lipinski definition) is 7. The summed E-state index contributed by atoms with van der Waals surface area (Å²) >= 11 is 6.10. The number of aromatic nitrogens is 3. The largest absolute Gasteiger partial charge is 0.496 e. The number of methoxy groups -OCH3 is 1. The zero-order chi connectivity index (χ0) is 21.0. The Kier molecular flexibility index (Phi) is 4.64. The molecule has 1 aliphatic carbocycles. The highest BCUT2D eigenvalue weighted by atomic mass is 35.5. The van der Waals surface area contributed by atoms with Crippen molar-refractivity contribution >= 4 is 21.6 Å². The maximum Gasteiger partial charge on any atom is 0.255 e. The van der Waals surface area contributed by atoms with Crippen molar-refractivity contribution < 1.29 is 17.7 Å². The van der Waals surface area contributed by atoms with Gasteiger partial charge in [-0.3, -0.25) is 0 Å². The highest BCUT2D eigenvalue weighted by molar-refractivity contribution is 7.89. The fourth-order valence-electron chi connectivity index (χ4n) is 3.79. The molecular formula is C19H19ClN4O4S. The van der Waals surface area contributed by atoms with Crippen molar-refractivity contribution in [1.29, 1.82) is 0 Å². The van der Waals surface area contributed by atoms with Gasteiger partial charge in [0.1, 0.15) is 5.75 Å². The summed E-state index contributed by atoms with van der Waals surface area (Å²) in [5.41, 5.74) is 1.36. The van der Waals surface area contributed by atoms with Crippen molar-refractivity contribution in [1.82, 2.24) is 15.1 Å². The summed E-state index contributed by atoms with van der Waals surface area (Å²) in [6.45, 7) is 4.17. The minimum atomic E-state index is -3.83. The van der Waals surface area contributed by atoms with Crippen molar-refractivity contribution in [3.8, 4) is 17.1 Å². The van der Waals surface area contributed by atoms with E-state index >= 15 is 0 Å². The molecular weight excluding hydrogens is 416 g/mol. The maximum absolute atomic E-state index is 11.4. The van der Waals surface area contributed by atoms with Crippen LogP contribution in [0.15, 0.2) is 46.1 Å². The molecule has 2 heterocycles. The molecule has 0 radical (unpaired) electrons. The lowest BCUT2D eigenvalue weighted by Gasteiger charge is -2.04. The van der Waals surface area contributed by atoms with Gasteiger partial charge in [0.2, 0.25) is 11.7 Å². The Bertz CT molecular complexity index is 1180. The number of halogens is 1. The third-order valence-electron chi connectivity index (χ3n) is 5.35. The molecule has 3 aromatic rings. The van der Waals surface area contributed by atoms with Gasteiger partial charge in [-0.25, -0.2) is 18.5 Å². The van der Waals surface area contributed by atoms with E-state index in [1.807, 2.05) is 0 Å². The molecule has 1 fully saturated rings. The van der Waals surface area contributed by atoms with Crippen LogP contribution in [0.4, 0.5) is 0 Å². The summed E-state index contributed by atoms with van der Waals surface area (Å²) in [6, 6.07) is 8.32. The summed E-state index contributed by atoms with van der Waals surface area (Å²) in [5, 5.41) is 9.60. The molecule has 4 rings (SSSR count). The minimum Gasteiger partial charge on any atom is -0.496 e. The molecule has 0 bridgehead atoms. The van der Waals surface area contributed by atoms with Crippen LogP contribution in [0.1, 0.15) is 37.1 Å². The van der Waals surface area contributed by atoms with Crippen LogP contribution in [0.2, 0.25) is 5.02 Å². The third kappa shape index (κ3) is 3.50. The second-order valence-corrected chi connectivity index (χ2v) is 9.50. The van der Waals surface area contributed by atoms with E-state index in [0.717, 1.165) is 5.56 Å². The van der Waals surface area contributed by atoms with Crippen LogP contribution < -0.4 is 9.88 Å². The van der Waals surface area contributed by atoms with Gasteiger partial charge in [0, 0.05) is 17.1 Å². The van der Waals surface area contributed by atoms with Gasteiger partial charge in [-0.2, -0.15) is 4.98 Å². The fourth-order valence-corrected chi connectivity index (χ4v) is 4.42. The van der Waals surface area contributed by atoms with Gasteiger partial charge in [0.15, 0.2) is 5.03 Å². The molecule has 152 valence electrons. The van der Waals surface area contributed by atoms with E-state index in [2.05, 4.69) is 29.0 Å². The summed E-state index contributed by atoms with van der Waals surface area (Å²) in [5.74, 6) is 1.50. The van der Waals surface area contributed by atoms with Crippen molar-refractivity contribution in [2.24, 2.45) is 10.6 Å². The molecule has 2 N–H and O–H groups in total.